The van der Waals surface area contributed by atoms with E-state index < -0.39 is 12.6 Å². The van der Waals surface area contributed by atoms with E-state index in [0.717, 1.165) is 10.4 Å². The number of ketones is 1. The molecule has 0 radical (unpaired) electrons. The summed E-state index contributed by atoms with van der Waals surface area (Å²) < 4.78 is 4.99. The number of Topliss-reactive ketones (excluding diaryl/α,β-unsaturated/α-hetero) is 1. The van der Waals surface area contributed by atoms with Crippen LogP contribution in [0.2, 0.25) is 0 Å². The van der Waals surface area contributed by atoms with E-state index >= 15 is 0 Å². The average molecular weight is 361 g/mol. The molecule has 25 heavy (non-hydrogen) atoms. The zero-order valence-corrected chi connectivity index (χ0v) is 14.8. The lowest BCUT2D eigenvalue weighted by molar-refractivity contribution is -0.118. The summed E-state index contributed by atoms with van der Waals surface area (Å²) in [5.74, 6) is -1.32. The number of hydrogen-bond acceptors (Lipinski definition) is 6. The monoisotopic (exact) mass is 361 g/mol. The molecule has 7 heteroatoms. The number of benzene rings is 1. The maximum Gasteiger partial charge on any atom is 0.342 e. The lowest BCUT2D eigenvalue weighted by Gasteiger charge is -2.06. The number of phenolic OH excluding ortho intramolecular Hbond substituents is 1. The molecule has 2 N–H and O–H groups in total. The topological polar surface area (TPSA) is 92.7 Å². The van der Waals surface area contributed by atoms with Gasteiger partial charge in [0.2, 0.25) is 11.7 Å². The van der Waals surface area contributed by atoms with Crippen LogP contribution in [0.25, 0.3) is 0 Å². The van der Waals surface area contributed by atoms with Crippen molar-refractivity contribution >= 4 is 29.0 Å². The number of carbonyl (C=O) groups excluding carboxylic acids is 3. The number of thiophene rings is 1. The molecule has 1 aromatic heterocycles. The summed E-state index contributed by atoms with van der Waals surface area (Å²) in [6.07, 6.45) is 0.633. The second-order valence-corrected chi connectivity index (χ2v) is 6.69. The first-order chi connectivity index (χ1) is 11.9. The van der Waals surface area contributed by atoms with Gasteiger partial charge in [0.15, 0.2) is 6.61 Å². The molecule has 1 heterocycles. The van der Waals surface area contributed by atoms with Crippen LogP contribution in [0.1, 0.15) is 37.4 Å². The highest BCUT2D eigenvalue weighted by Gasteiger charge is 2.16. The summed E-state index contributed by atoms with van der Waals surface area (Å²) in [5, 5.41) is 12.4. The largest absolute Gasteiger partial charge is 0.507 e. The molecule has 2 rings (SSSR count). The van der Waals surface area contributed by atoms with Gasteiger partial charge in [0.05, 0.1) is 4.88 Å². The number of carbonyl (C=O) groups is 3. The van der Waals surface area contributed by atoms with Crippen LogP contribution in [0, 0.1) is 6.92 Å². The minimum absolute atomic E-state index is 0.0283. The van der Waals surface area contributed by atoms with Gasteiger partial charge in [-0.15, -0.1) is 11.3 Å². The number of phenols is 1. The number of hydrogen-bond donors (Lipinski definition) is 2. The number of rotatable bonds is 7. The van der Waals surface area contributed by atoms with Crippen molar-refractivity contribution in [3.63, 3.8) is 0 Å². The second kappa shape index (κ2) is 8.43. The minimum Gasteiger partial charge on any atom is -0.507 e. The highest BCUT2D eigenvalue weighted by Crippen LogP contribution is 2.20. The first-order valence-corrected chi connectivity index (χ1v) is 8.51. The Labute approximate surface area is 149 Å². The molecule has 1 aromatic carbocycles. The summed E-state index contributed by atoms with van der Waals surface area (Å²) in [6.45, 7) is 3.35. The van der Waals surface area contributed by atoms with Gasteiger partial charge in [-0.1, -0.05) is 6.07 Å². The molecular weight excluding hydrogens is 342 g/mol. The van der Waals surface area contributed by atoms with Gasteiger partial charge in [-0.25, -0.2) is 4.79 Å². The van der Waals surface area contributed by atoms with Crippen molar-refractivity contribution < 1.29 is 24.2 Å². The van der Waals surface area contributed by atoms with Crippen LogP contribution in [-0.2, 0) is 16.0 Å². The van der Waals surface area contributed by atoms with Crippen molar-refractivity contribution in [2.75, 3.05) is 13.2 Å². The first-order valence-electron chi connectivity index (χ1n) is 7.70. The molecule has 0 unspecified atom stereocenters. The zero-order chi connectivity index (χ0) is 18.4. The number of aryl methyl sites for hydroxylation is 1. The molecule has 0 aliphatic heterocycles. The fourth-order valence-electron chi connectivity index (χ4n) is 2.12. The van der Waals surface area contributed by atoms with Crippen LogP contribution in [0.3, 0.4) is 0 Å². The lowest BCUT2D eigenvalue weighted by atomic mass is 10.1. The summed E-state index contributed by atoms with van der Waals surface area (Å²) >= 11 is 1.30. The van der Waals surface area contributed by atoms with Crippen LogP contribution < -0.4 is 5.32 Å². The van der Waals surface area contributed by atoms with Crippen molar-refractivity contribution in [2.24, 2.45) is 0 Å². The van der Waals surface area contributed by atoms with Gasteiger partial charge < -0.3 is 15.2 Å². The van der Waals surface area contributed by atoms with Crippen LogP contribution in [0.4, 0.5) is 0 Å². The van der Waals surface area contributed by atoms with Crippen LogP contribution in [0.15, 0.2) is 30.3 Å². The number of aromatic hydroxyl groups is 1. The molecule has 0 spiro atoms. The van der Waals surface area contributed by atoms with E-state index in [1.807, 2.05) is 6.07 Å². The van der Waals surface area contributed by atoms with Gasteiger partial charge in [-0.05, 0) is 43.2 Å². The van der Waals surface area contributed by atoms with Gasteiger partial charge in [0.25, 0.3) is 0 Å². The molecule has 0 saturated carbocycles. The standard InChI is InChI=1S/C18H19NO5S/c1-11-3-5-14(15(21)9-11)18(23)24-10-16(22)17-6-4-13(25-17)7-8-19-12(2)20/h3-6,9,21H,7-8,10H2,1-2H3,(H,19,20). The number of ether oxygens (including phenoxy) is 1. The van der Waals surface area contributed by atoms with Crippen LogP contribution >= 0.6 is 11.3 Å². The Hall–Kier alpha value is -2.67. The average Bonchev–Trinajstić information content (AvgIpc) is 3.01. The third kappa shape index (κ3) is 5.42. The van der Waals surface area contributed by atoms with Crippen molar-refractivity contribution in [1.82, 2.24) is 5.32 Å². The van der Waals surface area contributed by atoms with Gasteiger partial charge in [0, 0.05) is 18.3 Å². The zero-order valence-electron chi connectivity index (χ0n) is 14.0. The molecule has 6 nitrogen and oxygen atoms in total. The van der Waals surface area contributed by atoms with E-state index in [2.05, 4.69) is 5.32 Å². The molecule has 0 fully saturated rings. The van der Waals surface area contributed by atoms with Gasteiger partial charge >= 0.3 is 5.97 Å². The van der Waals surface area contributed by atoms with Crippen LogP contribution in [-0.4, -0.2) is 35.9 Å². The Morgan fingerprint density at radius 3 is 2.64 bits per heavy atom. The Balaban J connectivity index is 1.88. The Morgan fingerprint density at radius 2 is 1.96 bits per heavy atom. The smallest absolute Gasteiger partial charge is 0.342 e. The number of esters is 1. The molecule has 0 atom stereocenters. The summed E-state index contributed by atoms with van der Waals surface area (Å²) in [6, 6.07) is 8.08. The molecular formula is C18H19NO5S. The van der Waals surface area contributed by atoms with E-state index in [1.54, 1.807) is 19.1 Å². The van der Waals surface area contributed by atoms with Gasteiger partial charge in [-0.2, -0.15) is 0 Å². The Bertz CT molecular complexity index is 797. The van der Waals surface area contributed by atoms with E-state index in [4.69, 9.17) is 4.74 Å². The highest BCUT2D eigenvalue weighted by atomic mass is 32.1. The quantitative estimate of drug-likeness (QED) is 0.584. The fraction of sp³-hybridized carbons (Fsp3) is 0.278. The van der Waals surface area contributed by atoms with E-state index in [-0.39, 0.29) is 23.0 Å². The summed E-state index contributed by atoms with van der Waals surface area (Å²) in [5.41, 5.74) is 0.844. The van der Waals surface area contributed by atoms with Crippen molar-refractivity contribution in [2.45, 2.75) is 20.3 Å². The van der Waals surface area contributed by atoms with Gasteiger partial charge in [-0.3, -0.25) is 9.59 Å². The van der Waals surface area contributed by atoms with Gasteiger partial charge in [0.1, 0.15) is 11.3 Å². The van der Waals surface area contributed by atoms with E-state index in [1.165, 1.54) is 30.4 Å². The van der Waals surface area contributed by atoms with Crippen molar-refractivity contribution in [1.29, 1.82) is 0 Å². The predicted octanol–water partition coefficient (Wildman–Crippen LogP) is 2.48. The molecule has 132 valence electrons. The molecule has 0 bridgehead atoms. The van der Waals surface area contributed by atoms with E-state index in [9.17, 15) is 19.5 Å². The number of nitrogens with one attached hydrogen (secondary N) is 1. The molecule has 0 saturated heterocycles. The lowest BCUT2D eigenvalue weighted by Crippen LogP contribution is -2.22. The minimum atomic E-state index is -0.742. The third-order valence-corrected chi connectivity index (χ3v) is 4.58. The SMILES string of the molecule is CC(=O)NCCc1ccc(C(=O)COC(=O)c2ccc(C)cc2O)s1. The molecule has 0 aliphatic carbocycles. The number of amides is 1. The predicted molar refractivity (Wildman–Crippen MR) is 94.2 cm³/mol. The normalized spacial score (nSPS) is 10.3. The highest BCUT2D eigenvalue weighted by molar-refractivity contribution is 7.14. The van der Waals surface area contributed by atoms with Crippen molar-refractivity contribution in [3.05, 3.63) is 51.2 Å². The molecule has 0 aliphatic rings. The fourth-order valence-corrected chi connectivity index (χ4v) is 3.05. The maximum absolute atomic E-state index is 12.1. The Morgan fingerprint density at radius 1 is 1.20 bits per heavy atom. The van der Waals surface area contributed by atoms with Crippen LogP contribution in [0.5, 0.6) is 5.75 Å². The van der Waals surface area contributed by atoms with Crippen molar-refractivity contribution in [3.8, 4) is 5.75 Å². The summed E-state index contributed by atoms with van der Waals surface area (Å²) in [7, 11) is 0. The second-order valence-electron chi connectivity index (χ2n) is 5.52. The van der Waals surface area contributed by atoms with E-state index in [0.29, 0.717) is 17.8 Å². The molecule has 1 amide bonds. The maximum atomic E-state index is 12.1. The summed E-state index contributed by atoms with van der Waals surface area (Å²) in [4.78, 5) is 36.3. The first kappa shape index (κ1) is 18.7. The Kier molecular flexibility index (Phi) is 6.30. The third-order valence-electron chi connectivity index (χ3n) is 3.39. The molecule has 2 aromatic rings.